The van der Waals surface area contributed by atoms with E-state index >= 15 is 0 Å². The smallest absolute Gasteiger partial charge is 0.0804 e. The molecule has 1 N–H and O–H groups in total. The first kappa shape index (κ1) is 24.9. The molecule has 35 heavy (non-hydrogen) atoms. The van der Waals surface area contributed by atoms with Gasteiger partial charge in [0.15, 0.2) is 0 Å². The van der Waals surface area contributed by atoms with Crippen molar-refractivity contribution in [3.8, 4) is 11.1 Å². The SMILES string of the molecule is Cc1cc(C)c(-c2cccc3c(NCC=NC4CCc5ccccc5C4)cc(C)nc23)c(C)c1.Cl. The van der Waals surface area contributed by atoms with Gasteiger partial charge in [-0.25, -0.2) is 0 Å². The van der Waals surface area contributed by atoms with Crippen molar-refractivity contribution in [3.05, 3.63) is 94.2 Å². The van der Waals surface area contributed by atoms with Crippen molar-refractivity contribution >= 4 is 35.2 Å². The maximum absolute atomic E-state index is 4.97. The van der Waals surface area contributed by atoms with Gasteiger partial charge in [0.1, 0.15) is 0 Å². The van der Waals surface area contributed by atoms with Crippen LogP contribution in [0.3, 0.4) is 0 Å². The summed E-state index contributed by atoms with van der Waals surface area (Å²) in [5, 5.41) is 4.77. The van der Waals surface area contributed by atoms with E-state index in [0.717, 1.165) is 41.5 Å². The van der Waals surface area contributed by atoms with Crippen molar-refractivity contribution in [2.24, 2.45) is 4.99 Å². The van der Waals surface area contributed by atoms with Gasteiger partial charge in [0, 0.05) is 35.1 Å². The summed E-state index contributed by atoms with van der Waals surface area (Å²) in [6, 6.07) is 22.3. The Kier molecular flexibility index (Phi) is 7.57. The molecule has 0 saturated heterocycles. The number of rotatable bonds is 5. The molecule has 5 rings (SSSR count). The number of halogens is 1. The molecule has 1 aliphatic carbocycles. The largest absolute Gasteiger partial charge is 0.379 e. The molecule has 180 valence electrons. The lowest BCUT2D eigenvalue weighted by atomic mass is 9.89. The molecule has 4 heteroatoms. The molecule has 3 nitrogen and oxygen atoms in total. The molecule has 1 aliphatic rings. The minimum atomic E-state index is 0. The first-order valence-corrected chi connectivity index (χ1v) is 12.3. The van der Waals surface area contributed by atoms with Crippen molar-refractivity contribution in [1.29, 1.82) is 0 Å². The number of aliphatic imine (C=N–C) groups is 1. The third-order valence-electron chi connectivity index (χ3n) is 6.93. The first-order chi connectivity index (χ1) is 16.5. The van der Waals surface area contributed by atoms with Gasteiger partial charge in [0.05, 0.1) is 11.6 Å². The molecule has 0 amide bonds. The van der Waals surface area contributed by atoms with Gasteiger partial charge in [-0.1, -0.05) is 60.2 Å². The minimum Gasteiger partial charge on any atom is -0.379 e. The second-order valence-electron chi connectivity index (χ2n) is 9.66. The molecule has 1 heterocycles. The minimum absolute atomic E-state index is 0. The Morgan fingerprint density at radius 2 is 1.69 bits per heavy atom. The normalized spacial score (nSPS) is 15.1. The summed E-state index contributed by atoms with van der Waals surface area (Å²) in [7, 11) is 0. The van der Waals surface area contributed by atoms with Crippen LogP contribution in [0.5, 0.6) is 0 Å². The van der Waals surface area contributed by atoms with Gasteiger partial charge < -0.3 is 5.32 Å². The average Bonchev–Trinajstić information content (AvgIpc) is 2.81. The maximum atomic E-state index is 4.97. The number of hydrogen-bond acceptors (Lipinski definition) is 3. The number of para-hydroxylation sites is 1. The van der Waals surface area contributed by atoms with E-state index in [4.69, 9.17) is 9.98 Å². The zero-order chi connectivity index (χ0) is 23.7. The van der Waals surface area contributed by atoms with Crippen LogP contribution in [0.1, 0.15) is 39.9 Å². The van der Waals surface area contributed by atoms with E-state index in [2.05, 4.69) is 99.9 Å². The van der Waals surface area contributed by atoms with Crippen molar-refractivity contribution in [2.45, 2.75) is 53.0 Å². The standard InChI is InChI=1S/C31H33N3.ClH/c1-20-16-21(2)30(22(3)17-20)28-11-7-10-27-29(18-23(4)34-31(27)28)33-15-14-32-26-13-12-24-8-5-6-9-25(24)19-26;/h5-11,14,16-18,26H,12-13,15,19H2,1-4H3,(H,33,34);1H. The summed E-state index contributed by atoms with van der Waals surface area (Å²) in [6.07, 6.45) is 5.35. The molecule has 4 aromatic rings. The quantitative estimate of drug-likeness (QED) is 0.297. The summed E-state index contributed by atoms with van der Waals surface area (Å²) in [5.74, 6) is 0. The Labute approximate surface area is 215 Å². The lowest BCUT2D eigenvalue weighted by molar-refractivity contribution is 0.580. The van der Waals surface area contributed by atoms with E-state index in [-0.39, 0.29) is 12.4 Å². The second-order valence-corrected chi connectivity index (χ2v) is 9.66. The highest BCUT2D eigenvalue weighted by Crippen LogP contribution is 2.35. The predicted octanol–water partition coefficient (Wildman–Crippen LogP) is 7.60. The molecule has 0 bridgehead atoms. The number of aromatic nitrogens is 1. The van der Waals surface area contributed by atoms with Gasteiger partial charge >= 0.3 is 0 Å². The van der Waals surface area contributed by atoms with Crippen LogP contribution in [-0.2, 0) is 12.8 Å². The molecule has 0 spiro atoms. The summed E-state index contributed by atoms with van der Waals surface area (Å²) in [5.41, 5.74) is 12.5. The monoisotopic (exact) mass is 483 g/mol. The van der Waals surface area contributed by atoms with E-state index < -0.39 is 0 Å². The van der Waals surface area contributed by atoms with Gasteiger partial charge in [-0.05, 0) is 80.8 Å². The number of fused-ring (bicyclic) bond motifs is 2. The van der Waals surface area contributed by atoms with Crippen molar-refractivity contribution in [3.63, 3.8) is 0 Å². The first-order valence-electron chi connectivity index (χ1n) is 12.3. The van der Waals surface area contributed by atoms with Crippen LogP contribution in [0.15, 0.2) is 65.7 Å². The van der Waals surface area contributed by atoms with Crippen LogP contribution in [0, 0.1) is 27.7 Å². The average molecular weight is 484 g/mol. The Morgan fingerprint density at radius 1 is 0.943 bits per heavy atom. The van der Waals surface area contributed by atoms with E-state index in [1.165, 1.54) is 38.9 Å². The zero-order valence-corrected chi connectivity index (χ0v) is 21.9. The number of benzene rings is 3. The molecular formula is C31H34ClN3. The number of pyridine rings is 1. The van der Waals surface area contributed by atoms with Gasteiger partial charge in [-0.15, -0.1) is 12.4 Å². The number of anilines is 1. The van der Waals surface area contributed by atoms with E-state index in [1.54, 1.807) is 0 Å². The van der Waals surface area contributed by atoms with E-state index in [9.17, 15) is 0 Å². The Bertz CT molecular complexity index is 1370. The van der Waals surface area contributed by atoms with Crippen molar-refractivity contribution in [2.75, 3.05) is 11.9 Å². The Morgan fingerprint density at radius 3 is 2.46 bits per heavy atom. The van der Waals surface area contributed by atoms with Crippen LogP contribution in [0.25, 0.3) is 22.0 Å². The van der Waals surface area contributed by atoms with Gasteiger partial charge in [0.2, 0.25) is 0 Å². The number of aryl methyl sites for hydroxylation is 5. The maximum Gasteiger partial charge on any atom is 0.0804 e. The molecule has 1 atom stereocenters. The van der Waals surface area contributed by atoms with E-state index in [1.807, 2.05) is 0 Å². The molecular weight excluding hydrogens is 450 g/mol. The lowest BCUT2D eigenvalue weighted by Crippen LogP contribution is -2.18. The fraction of sp³-hybridized carbons (Fsp3) is 0.290. The zero-order valence-electron chi connectivity index (χ0n) is 21.1. The fourth-order valence-corrected chi connectivity index (χ4v) is 5.49. The molecule has 1 aromatic heterocycles. The Balaban J connectivity index is 0.00000289. The third-order valence-corrected chi connectivity index (χ3v) is 6.93. The summed E-state index contributed by atoms with van der Waals surface area (Å²) >= 11 is 0. The molecule has 1 unspecified atom stereocenters. The van der Waals surface area contributed by atoms with Gasteiger partial charge in [-0.3, -0.25) is 9.98 Å². The highest BCUT2D eigenvalue weighted by molar-refractivity contribution is 6.01. The summed E-state index contributed by atoms with van der Waals surface area (Å²) in [6.45, 7) is 9.34. The van der Waals surface area contributed by atoms with Gasteiger partial charge in [0.25, 0.3) is 0 Å². The number of hydrogen-bond donors (Lipinski definition) is 1. The molecule has 0 fully saturated rings. The lowest BCUT2D eigenvalue weighted by Gasteiger charge is -2.21. The molecule has 0 aliphatic heterocycles. The van der Waals surface area contributed by atoms with Crippen molar-refractivity contribution < 1.29 is 0 Å². The van der Waals surface area contributed by atoms with E-state index in [0.29, 0.717) is 12.6 Å². The van der Waals surface area contributed by atoms with Crippen LogP contribution in [0.4, 0.5) is 5.69 Å². The van der Waals surface area contributed by atoms with Crippen molar-refractivity contribution in [1.82, 2.24) is 4.98 Å². The summed E-state index contributed by atoms with van der Waals surface area (Å²) in [4.78, 5) is 9.86. The van der Waals surface area contributed by atoms with Crippen LogP contribution < -0.4 is 5.32 Å². The predicted molar refractivity (Wildman–Crippen MR) is 153 cm³/mol. The molecule has 0 saturated carbocycles. The Hall–Kier alpha value is -3.17. The molecule has 0 radical (unpaired) electrons. The van der Waals surface area contributed by atoms with Crippen LogP contribution >= 0.6 is 12.4 Å². The topological polar surface area (TPSA) is 37.3 Å². The second kappa shape index (κ2) is 10.6. The third kappa shape index (κ3) is 5.26. The summed E-state index contributed by atoms with van der Waals surface area (Å²) < 4.78 is 0. The molecule has 3 aromatic carbocycles. The number of nitrogens with one attached hydrogen (secondary N) is 1. The van der Waals surface area contributed by atoms with Crippen LogP contribution in [-0.4, -0.2) is 23.8 Å². The highest BCUT2D eigenvalue weighted by atomic mass is 35.5. The highest BCUT2D eigenvalue weighted by Gasteiger charge is 2.17. The fourth-order valence-electron chi connectivity index (χ4n) is 5.49. The van der Waals surface area contributed by atoms with Gasteiger partial charge in [-0.2, -0.15) is 0 Å². The van der Waals surface area contributed by atoms with Crippen LogP contribution in [0.2, 0.25) is 0 Å². The number of nitrogens with zero attached hydrogens (tertiary/aromatic N) is 2.